The molecule has 6 nitrogen and oxygen atoms in total. The summed E-state index contributed by atoms with van der Waals surface area (Å²) >= 11 is 12.6. The molecule has 0 radical (unpaired) electrons. The van der Waals surface area contributed by atoms with Crippen LogP contribution in [0.1, 0.15) is 18.1 Å². The van der Waals surface area contributed by atoms with Crippen LogP contribution in [0.3, 0.4) is 0 Å². The molecule has 0 bridgehead atoms. The van der Waals surface area contributed by atoms with Gasteiger partial charge < -0.3 is 14.8 Å². The average molecular weight is 539 g/mol. The second kappa shape index (κ2) is 11.6. The van der Waals surface area contributed by atoms with Crippen LogP contribution in [0.15, 0.2) is 71.6 Å². The van der Waals surface area contributed by atoms with Crippen LogP contribution < -0.4 is 19.7 Å². The molecule has 0 aromatic heterocycles. The number of para-hydroxylation sites is 1. The highest BCUT2D eigenvalue weighted by Crippen LogP contribution is 2.37. The van der Waals surface area contributed by atoms with E-state index in [9.17, 15) is 9.59 Å². The van der Waals surface area contributed by atoms with Gasteiger partial charge in [0.25, 0.3) is 11.8 Å². The van der Waals surface area contributed by atoms with Gasteiger partial charge in [0.2, 0.25) is 0 Å². The van der Waals surface area contributed by atoms with Gasteiger partial charge in [-0.1, -0.05) is 66.8 Å². The molecular formula is C27H23ClN2O4S2. The topological polar surface area (TPSA) is 67.9 Å². The van der Waals surface area contributed by atoms with Gasteiger partial charge in [-0.3, -0.25) is 14.5 Å². The predicted molar refractivity (Wildman–Crippen MR) is 150 cm³/mol. The molecule has 2 amide bonds. The number of halogens is 1. The van der Waals surface area contributed by atoms with Crippen LogP contribution >= 0.6 is 35.6 Å². The van der Waals surface area contributed by atoms with E-state index < -0.39 is 0 Å². The number of ether oxygens (including phenoxy) is 2. The number of carbonyl (C=O) groups excluding carboxylic acids is 2. The number of thioether (sulfide) groups is 1. The van der Waals surface area contributed by atoms with E-state index in [-0.39, 0.29) is 18.4 Å². The van der Waals surface area contributed by atoms with Crippen LogP contribution in [0, 0.1) is 0 Å². The summed E-state index contributed by atoms with van der Waals surface area (Å²) in [7, 11) is 1.52. The zero-order valence-electron chi connectivity index (χ0n) is 19.6. The number of methoxy groups -OCH3 is 1. The van der Waals surface area contributed by atoms with E-state index in [1.165, 1.54) is 23.8 Å². The first-order valence-electron chi connectivity index (χ1n) is 11.1. The Morgan fingerprint density at radius 3 is 2.58 bits per heavy atom. The second-order valence-electron chi connectivity index (χ2n) is 7.75. The number of hydrogen-bond acceptors (Lipinski definition) is 6. The summed E-state index contributed by atoms with van der Waals surface area (Å²) in [6.07, 6.45) is 2.56. The SMILES string of the molecule is CCc1ccccc1NC(=O)COc1ccc(/C=C2\SC(=S)N(c3ccc(Cl)cc3)C2=O)cc1OC. The molecule has 0 unspecified atom stereocenters. The number of nitrogens with one attached hydrogen (secondary N) is 1. The van der Waals surface area contributed by atoms with Gasteiger partial charge in [0.1, 0.15) is 0 Å². The van der Waals surface area contributed by atoms with E-state index in [1.807, 2.05) is 31.2 Å². The molecular weight excluding hydrogens is 516 g/mol. The van der Waals surface area contributed by atoms with Gasteiger partial charge >= 0.3 is 0 Å². The number of thiocarbonyl (C=S) groups is 1. The van der Waals surface area contributed by atoms with Crippen molar-refractivity contribution in [2.24, 2.45) is 0 Å². The lowest BCUT2D eigenvalue weighted by Gasteiger charge is -2.14. The molecule has 0 saturated carbocycles. The summed E-state index contributed by atoms with van der Waals surface area (Å²) in [5.74, 6) is 0.379. The Hall–Kier alpha value is -3.33. The molecule has 4 rings (SSSR count). The largest absolute Gasteiger partial charge is 0.493 e. The number of nitrogens with zero attached hydrogens (tertiary/aromatic N) is 1. The third kappa shape index (κ3) is 5.90. The zero-order valence-corrected chi connectivity index (χ0v) is 22.0. The molecule has 0 atom stereocenters. The second-order valence-corrected chi connectivity index (χ2v) is 9.86. The Balaban J connectivity index is 1.45. The Bertz CT molecular complexity index is 1340. The molecule has 0 aliphatic carbocycles. The van der Waals surface area contributed by atoms with Gasteiger partial charge in [0.15, 0.2) is 22.4 Å². The van der Waals surface area contributed by atoms with Crippen LogP contribution in [0.4, 0.5) is 11.4 Å². The first-order chi connectivity index (χ1) is 17.4. The summed E-state index contributed by atoms with van der Waals surface area (Å²) in [6.45, 7) is 1.86. The maximum Gasteiger partial charge on any atom is 0.270 e. The van der Waals surface area contributed by atoms with Crippen molar-refractivity contribution >= 4 is 69.2 Å². The Kier molecular flexibility index (Phi) is 8.30. The minimum atomic E-state index is -0.270. The van der Waals surface area contributed by atoms with Gasteiger partial charge in [0, 0.05) is 10.7 Å². The van der Waals surface area contributed by atoms with Crippen molar-refractivity contribution in [2.45, 2.75) is 13.3 Å². The highest BCUT2D eigenvalue weighted by molar-refractivity contribution is 8.27. The van der Waals surface area contributed by atoms with E-state index in [1.54, 1.807) is 48.5 Å². The number of carbonyl (C=O) groups is 2. The predicted octanol–water partition coefficient (Wildman–Crippen LogP) is 6.33. The fourth-order valence-corrected chi connectivity index (χ4v) is 5.03. The average Bonchev–Trinajstić information content (AvgIpc) is 3.16. The van der Waals surface area contributed by atoms with Gasteiger partial charge in [-0.25, -0.2) is 0 Å². The van der Waals surface area contributed by atoms with E-state index in [0.717, 1.165) is 23.2 Å². The van der Waals surface area contributed by atoms with Gasteiger partial charge in [-0.2, -0.15) is 0 Å². The Morgan fingerprint density at radius 1 is 1.11 bits per heavy atom. The fraction of sp³-hybridized carbons (Fsp3) is 0.148. The van der Waals surface area contributed by atoms with Crippen molar-refractivity contribution in [1.82, 2.24) is 0 Å². The molecule has 0 spiro atoms. The van der Waals surface area contributed by atoms with Crippen molar-refractivity contribution in [3.8, 4) is 11.5 Å². The lowest BCUT2D eigenvalue weighted by atomic mass is 10.1. The normalized spacial score (nSPS) is 14.3. The monoisotopic (exact) mass is 538 g/mol. The fourth-order valence-electron chi connectivity index (χ4n) is 3.61. The molecule has 1 saturated heterocycles. The summed E-state index contributed by atoms with van der Waals surface area (Å²) < 4.78 is 11.6. The molecule has 3 aromatic rings. The smallest absolute Gasteiger partial charge is 0.270 e. The Morgan fingerprint density at radius 2 is 1.86 bits per heavy atom. The number of aryl methyl sites for hydroxylation is 1. The van der Waals surface area contributed by atoms with Crippen molar-refractivity contribution < 1.29 is 19.1 Å². The number of hydrogen-bond donors (Lipinski definition) is 1. The molecule has 36 heavy (non-hydrogen) atoms. The van der Waals surface area contributed by atoms with E-state index >= 15 is 0 Å². The molecule has 1 fully saturated rings. The molecule has 184 valence electrons. The molecule has 1 N–H and O–H groups in total. The first-order valence-corrected chi connectivity index (χ1v) is 12.7. The van der Waals surface area contributed by atoms with E-state index in [2.05, 4.69) is 5.32 Å². The van der Waals surface area contributed by atoms with Crippen LogP contribution in [0.25, 0.3) is 6.08 Å². The molecule has 3 aromatic carbocycles. The molecule has 9 heteroatoms. The number of amides is 2. The summed E-state index contributed by atoms with van der Waals surface area (Å²) in [6, 6.07) is 19.8. The minimum absolute atomic E-state index is 0.173. The first kappa shape index (κ1) is 25.8. The lowest BCUT2D eigenvalue weighted by molar-refractivity contribution is -0.118. The van der Waals surface area contributed by atoms with E-state index in [0.29, 0.717) is 31.4 Å². The van der Waals surface area contributed by atoms with Crippen molar-refractivity contribution in [3.63, 3.8) is 0 Å². The van der Waals surface area contributed by atoms with Crippen molar-refractivity contribution in [3.05, 3.63) is 87.8 Å². The van der Waals surface area contributed by atoms with Crippen molar-refractivity contribution in [2.75, 3.05) is 23.9 Å². The summed E-state index contributed by atoms with van der Waals surface area (Å²) in [5, 5.41) is 3.46. The minimum Gasteiger partial charge on any atom is -0.493 e. The van der Waals surface area contributed by atoms with Crippen LogP contribution in [-0.4, -0.2) is 29.9 Å². The van der Waals surface area contributed by atoms with Crippen molar-refractivity contribution in [1.29, 1.82) is 0 Å². The van der Waals surface area contributed by atoms with Gasteiger partial charge in [-0.15, -0.1) is 0 Å². The zero-order chi connectivity index (χ0) is 25.7. The van der Waals surface area contributed by atoms with Crippen LogP contribution in [-0.2, 0) is 16.0 Å². The number of anilines is 2. The molecule has 1 aliphatic rings. The van der Waals surface area contributed by atoms with E-state index in [4.69, 9.17) is 33.3 Å². The highest BCUT2D eigenvalue weighted by Gasteiger charge is 2.33. The van der Waals surface area contributed by atoms with Crippen LogP contribution in [0.2, 0.25) is 5.02 Å². The summed E-state index contributed by atoms with van der Waals surface area (Å²) in [5.41, 5.74) is 3.21. The Labute approximate surface area is 224 Å². The maximum atomic E-state index is 13.0. The molecule has 1 heterocycles. The third-order valence-corrected chi connectivity index (χ3v) is 6.95. The number of benzene rings is 3. The lowest BCUT2D eigenvalue weighted by Crippen LogP contribution is -2.27. The van der Waals surface area contributed by atoms with Gasteiger partial charge in [-0.05, 0) is 66.1 Å². The third-order valence-electron chi connectivity index (χ3n) is 5.40. The summed E-state index contributed by atoms with van der Waals surface area (Å²) in [4.78, 5) is 27.4. The highest BCUT2D eigenvalue weighted by atomic mass is 35.5. The van der Waals surface area contributed by atoms with Crippen LogP contribution in [0.5, 0.6) is 11.5 Å². The quantitative estimate of drug-likeness (QED) is 0.267. The number of rotatable bonds is 8. The maximum absolute atomic E-state index is 13.0. The molecule has 1 aliphatic heterocycles. The van der Waals surface area contributed by atoms with Gasteiger partial charge in [0.05, 0.1) is 17.7 Å². The standard InChI is InChI=1S/C27H23ClN2O4S2/c1-3-18-6-4-5-7-21(18)29-25(31)16-34-22-13-8-17(14-23(22)33-2)15-24-26(32)30(27(35)36-24)20-11-9-19(28)10-12-20/h4-15H,3,16H2,1-2H3,(H,29,31)/b24-15-.